The highest BCUT2D eigenvalue weighted by molar-refractivity contribution is 5.80. The van der Waals surface area contributed by atoms with E-state index in [1.165, 1.54) is 0 Å². The van der Waals surface area contributed by atoms with Crippen LogP contribution < -0.4 is 10.2 Å². The number of carbonyl (C=O) groups is 1. The SMILES string of the molecule is CCN(CC(=O)N(C)C)c1cc(C)nc(NC)n1. The van der Waals surface area contributed by atoms with Gasteiger partial charge in [-0.2, -0.15) is 4.98 Å². The van der Waals surface area contributed by atoms with Crippen molar-refractivity contribution in [3.05, 3.63) is 11.8 Å². The van der Waals surface area contributed by atoms with Gasteiger partial charge in [0.2, 0.25) is 11.9 Å². The van der Waals surface area contributed by atoms with Crippen LogP contribution in [0.5, 0.6) is 0 Å². The van der Waals surface area contributed by atoms with Gasteiger partial charge < -0.3 is 15.1 Å². The van der Waals surface area contributed by atoms with Crippen molar-refractivity contribution < 1.29 is 4.79 Å². The fraction of sp³-hybridized carbons (Fsp3) is 0.583. The van der Waals surface area contributed by atoms with Crippen LogP contribution in [0.1, 0.15) is 12.6 Å². The van der Waals surface area contributed by atoms with Gasteiger partial charge in [0.1, 0.15) is 5.82 Å². The predicted octanol–water partition coefficient (Wildman–Crippen LogP) is 0.741. The molecule has 0 spiro atoms. The van der Waals surface area contributed by atoms with Crippen LogP contribution in [0, 0.1) is 6.92 Å². The summed E-state index contributed by atoms with van der Waals surface area (Å²) in [4.78, 5) is 23.9. The van der Waals surface area contributed by atoms with Crippen LogP contribution in [0.4, 0.5) is 11.8 Å². The van der Waals surface area contributed by atoms with Gasteiger partial charge in [0.25, 0.3) is 0 Å². The summed E-state index contributed by atoms with van der Waals surface area (Å²) >= 11 is 0. The van der Waals surface area contributed by atoms with E-state index in [4.69, 9.17) is 0 Å². The molecule has 0 saturated carbocycles. The first kappa shape index (κ1) is 14.2. The van der Waals surface area contributed by atoms with Gasteiger partial charge in [0.05, 0.1) is 6.54 Å². The smallest absolute Gasteiger partial charge is 0.241 e. The molecule has 0 bridgehead atoms. The molecule has 1 heterocycles. The average Bonchev–Trinajstić information content (AvgIpc) is 2.34. The Kier molecular flexibility index (Phi) is 4.88. The Bertz CT molecular complexity index is 419. The van der Waals surface area contributed by atoms with E-state index < -0.39 is 0 Å². The summed E-state index contributed by atoms with van der Waals surface area (Å²) in [6.07, 6.45) is 0. The second kappa shape index (κ2) is 6.18. The maximum Gasteiger partial charge on any atom is 0.241 e. The third-order valence-corrected chi connectivity index (χ3v) is 2.59. The molecule has 1 rings (SSSR count). The standard InChI is InChI=1S/C12H21N5O/c1-6-17(8-11(18)16(4)5)10-7-9(2)14-12(13-3)15-10/h7H,6,8H2,1-5H3,(H,13,14,15). The van der Waals surface area contributed by atoms with Crippen LogP contribution >= 0.6 is 0 Å². The minimum atomic E-state index is 0.0547. The second-order valence-corrected chi connectivity index (χ2v) is 4.24. The zero-order chi connectivity index (χ0) is 13.7. The Morgan fingerprint density at radius 2 is 2.06 bits per heavy atom. The third kappa shape index (κ3) is 3.58. The number of nitrogens with zero attached hydrogens (tertiary/aromatic N) is 4. The molecular weight excluding hydrogens is 230 g/mol. The molecule has 0 radical (unpaired) electrons. The summed E-state index contributed by atoms with van der Waals surface area (Å²) in [6, 6.07) is 1.88. The summed E-state index contributed by atoms with van der Waals surface area (Å²) in [5, 5.41) is 2.92. The highest BCUT2D eigenvalue weighted by Crippen LogP contribution is 2.14. The lowest BCUT2D eigenvalue weighted by atomic mass is 10.3. The van der Waals surface area contributed by atoms with Crippen LogP contribution in [0.2, 0.25) is 0 Å². The molecule has 0 fully saturated rings. The number of likely N-dealkylation sites (N-methyl/N-ethyl adjacent to an activating group) is 2. The van der Waals surface area contributed by atoms with Crippen molar-refractivity contribution in [3.63, 3.8) is 0 Å². The number of hydrogen-bond acceptors (Lipinski definition) is 5. The molecule has 6 nitrogen and oxygen atoms in total. The largest absolute Gasteiger partial charge is 0.357 e. The Labute approximate surface area is 108 Å². The van der Waals surface area contributed by atoms with Crippen molar-refractivity contribution in [1.29, 1.82) is 0 Å². The maximum atomic E-state index is 11.8. The summed E-state index contributed by atoms with van der Waals surface area (Å²) in [7, 11) is 5.28. The Balaban J connectivity index is 2.94. The van der Waals surface area contributed by atoms with E-state index >= 15 is 0 Å². The molecule has 100 valence electrons. The van der Waals surface area contributed by atoms with Gasteiger partial charge >= 0.3 is 0 Å². The van der Waals surface area contributed by atoms with E-state index in [-0.39, 0.29) is 5.91 Å². The van der Waals surface area contributed by atoms with Crippen molar-refractivity contribution in [1.82, 2.24) is 14.9 Å². The molecule has 0 aliphatic rings. The van der Waals surface area contributed by atoms with Crippen LogP contribution in [0.15, 0.2) is 6.07 Å². The van der Waals surface area contributed by atoms with E-state index in [1.807, 2.05) is 24.8 Å². The minimum Gasteiger partial charge on any atom is -0.357 e. The van der Waals surface area contributed by atoms with Crippen LogP contribution in [0.3, 0.4) is 0 Å². The number of aromatic nitrogens is 2. The van der Waals surface area contributed by atoms with E-state index in [0.29, 0.717) is 12.5 Å². The molecule has 0 aliphatic heterocycles. The number of carbonyl (C=O) groups excluding carboxylic acids is 1. The number of anilines is 2. The fourth-order valence-corrected chi connectivity index (χ4v) is 1.49. The second-order valence-electron chi connectivity index (χ2n) is 4.24. The first-order valence-corrected chi connectivity index (χ1v) is 5.96. The molecule has 0 aliphatic carbocycles. The number of hydrogen-bond donors (Lipinski definition) is 1. The zero-order valence-electron chi connectivity index (χ0n) is 11.7. The monoisotopic (exact) mass is 251 g/mol. The van der Waals surface area contributed by atoms with Gasteiger partial charge in [0, 0.05) is 39.4 Å². The first-order valence-electron chi connectivity index (χ1n) is 5.96. The molecule has 6 heteroatoms. The van der Waals surface area contributed by atoms with Crippen LogP contribution in [-0.2, 0) is 4.79 Å². The maximum absolute atomic E-state index is 11.8. The lowest BCUT2D eigenvalue weighted by molar-refractivity contribution is -0.127. The summed E-state index contributed by atoms with van der Waals surface area (Å²) in [6.45, 7) is 4.95. The van der Waals surface area contributed by atoms with Crippen molar-refractivity contribution >= 4 is 17.7 Å². The highest BCUT2D eigenvalue weighted by Gasteiger charge is 2.13. The van der Waals surface area contributed by atoms with Crippen molar-refractivity contribution in [2.24, 2.45) is 0 Å². The lowest BCUT2D eigenvalue weighted by Crippen LogP contribution is -2.37. The molecule has 0 aromatic carbocycles. The van der Waals surface area contributed by atoms with Crippen molar-refractivity contribution in [3.8, 4) is 0 Å². The van der Waals surface area contributed by atoms with Gasteiger partial charge in [-0.1, -0.05) is 0 Å². The number of amides is 1. The molecule has 18 heavy (non-hydrogen) atoms. The fourth-order valence-electron chi connectivity index (χ4n) is 1.49. The van der Waals surface area contributed by atoms with E-state index in [9.17, 15) is 4.79 Å². The average molecular weight is 251 g/mol. The number of rotatable bonds is 5. The summed E-state index contributed by atoms with van der Waals surface area (Å²) < 4.78 is 0. The molecule has 0 unspecified atom stereocenters. The van der Waals surface area contributed by atoms with Gasteiger partial charge in [-0.3, -0.25) is 4.79 Å². The molecule has 0 atom stereocenters. The molecular formula is C12H21N5O. The lowest BCUT2D eigenvalue weighted by Gasteiger charge is -2.23. The van der Waals surface area contributed by atoms with Gasteiger partial charge in [0.15, 0.2) is 0 Å². The molecule has 0 saturated heterocycles. The minimum absolute atomic E-state index is 0.0547. The Morgan fingerprint density at radius 3 is 2.56 bits per heavy atom. The predicted molar refractivity (Wildman–Crippen MR) is 72.9 cm³/mol. The molecule has 1 aromatic rings. The zero-order valence-corrected chi connectivity index (χ0v) is 11.7. The van der Waals surface area contributed by atoms with E-state index in [0.717, 1.165) is 18.1 Å². The highest BCUT2D eigenvalue weighted by atomic mass is 16.2. The van der Waals surface area contributed by atoms with Crippen molar-refractivity contribution in [2.75, 3.05) is 44.4 Å². The molecule has 1 amide bonds. The Morgan fingerprint density at radius 1 is 1.39 bits per heavy atom. The van der Waals surface area contributed by atoms with Crippen LogP contribution in [0.25, 0.3) is 0 Å². The number of nitrogens with one attached hydrogen (secondary N) is 1. The van der Waals surface area contributed by atoms with Gasteiger partial charge in [-0.25, -0.2) is 4.98 Å². The summed E-state index contributed by atoms with van der Waals surface area (Å²) in [5.74, 6) is 1.39. The topological polar surface area (TPSA) is 61.4 Å². The van der Waals surface area contributed by atoms with Crippen molar-refractivity contribution in [2.45, 2.75) is 13.8 Å². The third-order valence-electron chi connectivity index (χ3n) is 2.59. The van der Waals surface area contributed by atoms with E-state index in [1.54, 1.807) is 26.0 Å². The Hall–Kier alpha value is -1.85. The number of aryl methyl sites for hydroxylation is 1. The van der Waals surface area contributed by atoms with E-state index in [2.05, 4.69) is 15.3 Å². The molecule has 1 N–H and O–H groups in total. The van der Waals surface area contributed by atoms with Gasteiger partial charge in [-0.05, 0) is 13.8 Å². The normalized spacial score (nSPS) is 10.1. The first-order chi connectivity index (χ1) is 8.47. The molecule has 1 aromatic heterocycles. The van der Waals surface area contributed by atoms with Crippen LogP contribution in [-0.4, -0.2) is 55.0 Å². The van der Waals surface area contributed by atoms with Gasteiger partial charge in [-0.15, -0.1) is 0 Å². The summed E-state index contributed by atoms with van der Waals surface area (Å²) in [5.41, 5.74) is 0.875. The quantitative estimate of drug-likeness (QED) is 0.836.